The monoisotopic (exact) mass is 922 g/mol. The predicted molar refractivity (Wildman–Crippen MR) is 236 cm³/mol. The molecule has 0 radical (unpaired) electrons. The molecule has 2 aliphatic heterocycles. The summed E-state index contributed by atoms with van der Waals surface area (Å²) in [7, 11) is -0.813. The average Bonchev–Trinajstić information content (AvgIpc) is 3.60. The molecule has 0 saturated carbocycles. The molecule has 2 heterocycles. The second kappa shape index (κ2) is 21.9. The van der Waals surface area contributed by atoms with Crippen LogP contribution in [0, 0.1) is 11.8 Å². The molecule has 0 bridgehead atoms. The first kappa shape index (κ1) is 48.7. The minimum absolute atomic E-state index is 0.0519. The summed E-state index contributed by atoms with van der Waals surface area (Å²) >= 11 is 0. The molecule has 3 amide bonds. The summed E-state index contributed by atoms with van der Waals surface area (Å²) in [6.45, 7) is 5.31. The second-order valence-corrected chi connectivity index (χ2v) is 18.8. The molecule has 18 nitrogen and oxygen atoms in total. The Balaban J connectivity index is 1.17. The van der Waals surface area contributed by atoms with Gasteiger partial charge in [-0.15, -0.1) is 0 Å². The molecular weight excluding hydrogens is 865 g/mol. The molecule has 352 valence electrons. The van der Waals surface area contributed by atoms with Crippen LogP contribution in [-0.2, 0) is 59.2 Å². The van der Waals surface area contributed by atoms with E-state index in [0.717, 1.165) is 59.3 Å². The van der Waals surface area contributed by atoms with Gasteiger partial charge in [-0.05, 0) is 65.9 Å². The van der Waals surface area contributed by atoms with E-state index in [1.807, 2.05) is 48.5 Å². The van der Waals surface area contributed by atoms with E-state index in [0.29, 0.717) is 5.56 Å². The third-order valence-corrected chi connectivity index (χ3v) is 12.7. The van der Waals surface area contributed by atoms with Gasteiger partial charge in [-0.25, -0.2) is 22.8 Å². The van der Waals surface area contributed by atoms with Gasteiger partial charge >= 0.3 is 24.1 Å². The number of carbonyl (C=O) groups excluding carboxylic acids is 5. The summed E-state index contributed by atoms with van der Waals surface area (Å²) in [5.74, 6) is -3.32. The molecule has 2 fully saturated rings. The number of methoxy groups -OCH3 is 1. The summed E-state index contributed by atoms with van der Waals surface area (Å²) in [5, 5.41) is 6.03. The highest BCUT2D eigenvalue weighted by atomic mass is 32.2. The minimum Gasteiger partial charge on any atom is -0.467 e. The van der Waals surface area contributed by atoms with Crippen molar-refractivity contribution in [3.8, 4) is 16.9 Å². The molecular formula is C46H58N4O14S. The molecule has 6 rings (SSSR count). The Morgan fingerprint density at radius 1 is 0.892 bits per heavy atom. The van der Waals surface area contributed by atoms with E-state index in [1.165, 1.54) is 38.1 Å². The van der Waals surface area contributed by atoms with Gasteiger partial charge in [-0.3, -0.25) is 14.5 Å². The summed E-state index contributed by atoms with van der Waals surface area (Å²) in [5.41, 5.74) is 4.74. The van der Waals surface area contributed by atoms with Crippen LogP contribution in [0.1, 0.15) is 56.2 Å². The second-order valence-electron chi connectivity index (χ2n) is 16.6. The number of esters is 2. The van der Waals surface area contributed by atoms with Gasteiger partial charge in [0.05, 0.1) is 24.7 Å². The normalized spacial score (nSPS) is 20.7. The van der Waals surface area contributed by atoms with Crippen molar-refractivity contribution < 1.29 is 65.5 Å². The number of fused-ring (bicyclic) bond motifs is 3. The van der Waals surface area contributed by atoms with Gasteiger partial charge in [0.25, 0.3) is 0 Å². The molecule has 19 heteroatoms. The largest absolute Gasteiger partial charge is 0.467 e. The molecule has 1 aliphatic carbocycles. The van der Waals surface area contributed by atoms with Gasteiger partial charge in [0, 0.05) is 44.5 Å². The van der Waals surface area contributed by atoms with Crippen molar-refractivity contribution in [2.45, 2.75) is 70.7 Å². The third kappa shape index (κ3) is 12.7. The third-order valence-electron chi connectivity index (χ3n) is 11.8. The van der Waals surface area contributed by atoms with Gasteiger partial charge in [0.2, 0.25) is 12.2 Å². The predicted octanol–water partition coefficient (Wildman–Crippen LogP) is 4.70. The van der Waals surface area contributed by atoms with Crippen molar-refractivity contribution in [2.24, 2.45) is 11.8 Å². The fourth-order valence-electron chi connectivity index (χ4n) is 8.02. The van der Waals surface area contributed by atoms with Gasteiger partial charge in [0.15, 0.2) is 6.10 Å². The quantitative estimate of drug-likeness (QED) is 0.107. The van der Waals surface area contributed by atoms with Gasteiger partial charge in [-0.2, -0.15) is 0 Å². The maximum Gasteiger partial charge on any atom is 0.411 e. The number of likely N-dealkylation sites (N-methyl/N-ethyl adjacent to an activating group) is 1. The molecule has 3 aliphatic rings. The summed E-state index contributed by atoms with van der Waals surface area (Å²) in [4.78, 5) is 67.6. The van der Waals surface area contributed by atoms with Crippen LogP contribution in [0.5, 0.6) is 5.75 Å². The van der Waals surface area contributed by atoms with Crippen LogP contribution >= 0.6 is 0 Å². The lowest BCUT2D eigenvalue weighted by molar-refractivity contribution is -0.243. The van der Waals surface area contributed by atoms with Gasteiger partial charge in [0.1, 0.15) is 48.2 Å². The number of benzene rings is 3. The Labute approximate surface area is 379 Å². The van der Waals surface area contributed by atoms with Crippen LogP contribution < -0.4 is 15.4 Å². The van der Waals surface area contributed by atoms with Crippen LogP contribution in [0.25, 0.3) is 11.1 Å². The van der Waals surface area contributed by atoms with Crippen molar-refractivity contribution in [1.29, 1.82) is 0 Å². The highest BCUT2D eigenvalue weighted by Crippen LogP contribution is 2.44. The van der Waals surface area contributed by atoms with Crippen molar-refractivity contribution in [3.05, 3.63) is 83.4 Å². The first-order valence-electron chi connectivity index (χ1n) is 21.5. The van der Waals surface area contributed by atoms with E-state index in [4.69, 9.17) is 33.2 Å². The Bertz CT molecular complexity index is 2260. The first-order chi connectivity index (χ1) is 31.0. The number of amides is 3. The molecule has 0 spiro atoms. The fourth-order valence-corrected chi connectivity index (χ4v) is 8.57. The molecule has 5 atom stereocenters. The van der Waals surface area contributed by atoms with E-state index in [1.54, 1.807) is 19.9 Å². The van der Waals surface area contributed by atoms with Crippen molar-refractivity contribution in [2.75, 3.05) is 71.0 Å². The van der Waals surface area contributed by atoms with Crippen molar-refractivity contribution >= 4 is 45.6 Å². The lowest BCUT2D eigenvalue weighted by Crippen LogP contribution is -2.55. The zero-order chi connectivity index (χ0) is 46.8. The SMILES string of the molecule is COC(=O)[C@H]1O[C@@H](Oc2ccc(COC(=O)N(CCS(C)(=O)=O)COC3CCNCC3)cc2NC(=O)CN(C)C(=O)OCC2c3ccccc3-c3ccccc32)[C@H](C)[C@@H](C)[C@@H]1OC(C)=O. The summed E-state index contributed by atoms with van der Waals surface area (Å²) in [6, 6.07) is 20.5. The maximum atomic E-state index is 13.7. The molecule has 2 saturated heterocycles. The van der Waals surface area contributed by atoms with E-state index >= 15 is 0 Å². The Kier molecular flexibility index (Phi) is 16.4. The smallest absolute Gasteiger partial charge is 0.411 e. The van der Waals surface area contributed by atoms with E-state index in [9.17, 15) is 32.4 Å². The van der Waals surface area contributed by atoms with E-state index in [-0.39, 0.29) is 55.7 Å². The first-order valence-corrected chi connectivity index (χ1v) is 23.6. The molecule has 0 unspecified atom stereocenters. The molecule has 2 N–H and O–H groups in total. The number of piperidine rings is 1. The van der Waals surface area contributed by atoms with Gasteiger partial charge < -0.3 is 48.7 Å². The number of sulfone groups is 1. The topological polar surface area (TPSA) is 215 Å². The number of hydrogen-bond donors (Lipinski definition) is 2. The zero-order valence-corrected chi connectivity index (χ0v) is 38.3. The minimum atomic E-state index is -3.43. The maximum absolute atomic E-state index is 13.7. The Morgan fingerprint density at radius 3 is 2.18 bits per heavy atom. The number of ether oxygens (including phenoxy) is 7. The molecule has 65 heavy (non-hydrogen) atoms. The lowest BCUT2D eigenvalue weighted by Gasteiger charge is -2.42. The number of carbonyl (C=O) groups is 5. The van der Waals surface area contributed by atoms with Crippen LogP contribution in [0.2, 0.25) is 0 Å². The van der Waals surface area contributed by atoms with Crippen LogP contribution in [0.4, 0.5) is 15.3 Å². The number of rotatable bonds is 17. The summed E-state index contributed by atoms with van der Waals surface area (Å²) < 4.78 is 64.2. The van der Waals surface area contributed by atoms with E-state index < -0.39 is 76.7 Å². The number of nitrogens with one attached hydrogen (secondary N) is 2. The van der Waals surface area contributed by atoms with Crippen LogP contribution in [0.3, 0.4) is 0 Å². The Morgan fingerprint density at radius 2 is 1.55 bits per heavy atom. The molecule has 0 aromatic heterocycles. The highest BCUT2D eigenvalue weighted by Gasteiger charge is 2.48. The number of hydrogen-bond acceptors (Lipinski definition) is 15. The average molecular weight is 923 g/mol. The van der Waals surface area contributed by atoms with Gasteiger partial charge in [-0.1, -0.05) is 68.4 Å². The molecule has 3 aromatic carbocycles. The van der Waals surface area contributed by atoms with Crippen molar-refractivity contribution in [1.82, 2.24) is 15.1 Å². The van der Waals surface area contributed by atoms with Crippen molar-refractivity contribution in [3.63, 3.8) is 0 Å². The highest BCUT2D eigenvalue weighted by molar-refractivity contribution is 7.90. The lowest BCUT2D eigenvalue weighted by atomic mass is 9.84. The fraction of sp³-hybridized carbons (Fsp3) is 0.500. The van der Waals surface area contributed by atoms with Crippen LogP contribution in [0.15, 0.2) is 66.7 Å². The number of nitrogens with zero attached hydrogens (tertiary/aromatic N) is 2. The van der Waals surface area contributed by atoms with Crippen LogP contribution in [-0.4, -0.2) is 139 Å². The number of anilines is 1. The zero-order valence-electron chi connectivity index (χ0n) is 37.5. The standard InChI is InChI=1S/C46H58N4O14S/c1-28-29(2)44(64-42(43(53)58-5)41(28)62-30(3)51)63-39-16-15-31(25-59-46(55)50(21-22-65(6,56)57)27-61-32-17-19-47-20-18-32)23-38(39)48-40(52)24-49(4)45(54)60-26-37-35-13-9-7-11-33(35)34-12-8-10-14-36(34)37/h7-16,23,28-29,32,37,41-42,44,47H,17-22,24-27H2,1-6H3,(H,48,52)/t28-,29-,41+,42+,44-/m1/s1. The Hall–Kier alpha value is -5.76. The molecule has 3 aromatic rings. The summed E-state index contributed by atoms with van der Waals surface area (Å²) in [6.07, 6.45) is -2.50. The van der Waals surface area contributed by atoms with E-state index in [2.05, 4.69) is 10.6 Å².